The largest absolute Gasteiger partial charge is 0.441 e. The van der Waals surface area contributed by atoms with Crippen molar-refractivity contribution in [2.45, 2.75) is 26.3 Å². The fraction of sp³-hybridized carbons (Fsp3) is 0.450. The molecule has 7 nitrogen and oxygen atoms in total. The maximum atomic E-state index is 12.9. The predicted octanol–water partition coefficient (Wildman–Crippen LogP) is 2.56. The average molecular weight is 398 g/mol. The van der Waals surface area contributed by atoms with E-state index in [1.807, 2.05) is 30.0 Å². The molecule has 0 bridgehead atoms. The van der Waals surface area contributed by atoms with Crippen molar-refractivity contribution in [2.24, 2.45) is 0 Å². The van der Waals surface area contributed by atoms with Gasteiger partial charge in [0.2, 0.25) is 5.91 Å². The Balaban J connectivity index is 1.28. The minimum absolute atomic E-state index is 0.145. The van der Waals surface area contributed by atoms with Crippen LogP contribution in [0.4, 0.5) is 5.13 Å². The van der Waals surface area contributed by atoms with Crippen LogP contribution in [0.25, 0.3) is 11.1 Å². The molecule has 2 aromatic heterocycles. The topological polar surface area (TPSA) is 71.7 Å². The average Bonchev–Trinajstić information content (AvgIpc) is 3.30. The highest BCUT2D eigenvalue weighted by molar-refractivity contribution is 7.15. The van der Waals surface area contributed by atoms with Crippen molar-refractivity contribution in [3.63, 3.8) is 0 Å². The lowest BCUT2D eigenvalue weighted by molar-refractivity contribution is -0.131. The second-order valence-electron chi connectivity index (χ2n) is 7.24. The van der Waals surface area contributed by atoms with Crippen LogP contribution in [0.2, 0.25) is 0 Å². The van der Waals surface area contributed by atoms with E-state index in [9.17, 15) is 4.79 Å². The fourth-order valence-corrected chi connectivity index (χ4v) is 4.94. The lowest BCUT2D eigenvalue weighted by atomic mass is 10.1. The third kappa shape index (κ3) is 3.38. The number of carbonyl (C=O) groups excluding carboxylic acids is 1. The van der Waals surface area contributed by atoms with Crippen molar-refractivity contribution in [2.75, 3.05) is 37.7 Å². The Labute approximate surface area is 166 Å². The summed E-state index contributed by atoms with van der Waals surface area (Å²) >= 11 is 1.72. The van der Waals surface area contributed by atoms with E-state index in [2.05, 4.69) is 9.88 Å². The third-order valence-corrected chi connectivity index (χ3v) is 6.41. The van der Waals surface area contributed by atoms with Crippen LogP contribution in [-0.4, -0.2) is 53.6 Å². The highest BCUT2D eigenvalue weighted by Gasteiger charge is 2.26. The summed E-state index contributed by atoms with van der Waals surface area (Å²) in [5.41, 5.74) is 3.68. The predicted molar refractivity (Wildman–Crippen MR) is 107 cm³/mol. The molecule has 1 fully saturated rings. The van der Waals surface area contributed by atoms with Crippen LogP contribution in [0.15, 0.2) is 22.6 Å². The molecule has 1 saturated heterocycles. The number of hydrogen-bond donors (Lipinski definition) is 0. The van der Waals surface area contributed by atoms with Crippen LogP contribution in [0.5, 0.6) is 0 Å². The van der Waals surface area contributed by atoms with Gasteiger partial charge < -0.3 is 19.0 Å². The number of anilines is 1. The van der Waals surface area contributed by atoms with E-state index in [1.165, 1.54) is 4.88 Å². The summed E-state index contributed by atoms with van der Waals surface area (Å²) in [5, 5.41) is 1.06. The van der Waals surface area contributed by atoms with Crippen molar-refractivity contribution in [1.29, 1.82) is 0 Å². The Kier molecular flexibility index (Phi) is 4.52. The number of rotatable bonds is 3. The Morgan fingerprint density at radius 2 is 2.07 bits per heavy atom. The summed E-state index contributed by atoms with van der Waals surface area (Å²) in [6, 6.07) is 5.79. The smallest absolute Gasteiger partial charge is 0.227 e. The summed E-state index contributed by atoms with van der Waals surface area (Å²) in [7, 11) is 0. The van der Waals surface area contributed by atoms with Gasteiger partial charge in [-0.05, 0) is 17.7 Å². The molecule has 0 aliphatic carbocycles. The van der Waals surface area contributed by atoms with Crippen molar-refractivity contribution in [3.05, 3.63) is 40.2 Å². The summed E-state index contributed by atoms with van der Waals surface area (Å²) in [5.74, 6) is 0.787. The van der Waals surface area contributed by atoms with Crippen LogP contribution in [0.3, 0.4) is 0 Å². The first-order valence-corrected chi connectivity index (χ1v) is 10.4. The van der Waals surface area contributed by atoms with E-state index in [-0.39, 0.29) is 5.91 Å². The van der Waals surface area contributed by atoms with E-state index in [1.54, 1.807) is 11.3 Å². The number of thiazole rings is 1. The molecule has 0 spiro atoms. The van der Waals surface area contributed by atoms with Gasteiger partial charge >= 0.3 is 0 Å². The Morgan fingerprint density at radius 3 is 2.93 bits per heavy atom. The fourth-order valence-electron chi connectivity index (χ4n) is 3.77. The van der Waals surface area contributed by atoms with Crippen molar-refractivity contribution >= 4 is 33.5 Å². The SMILES string of the molecule is Cc1nc2cc(CC(=O)N3CCc4nc(N5CCOCC5)sc4C3)ccc2o1. The molecule has 1 aromatic carbocycles. The van der Waals surface area contributed by atoms with Gasteiger partial charge in [-0.15, -0.1) is 0 Å². The molecule has 28 heavy (non-hydrogen) atoms. The van der Waals surface area contributed by atoms with Crippen LogP contribution in [0.1, 0.15) is 22.0 Å². The summed E-state index contributed by atoms with van der Waals surface area (Å²) in [4.78, 5) is 27.5. The van der Waals surface area contributed by atoms with E-state index >= 15 is 0 Å². The number of fused-ring (bicyclic) bond motifs is 2. The van der Waals surface area contributed by atoms with Gasteiger partial charge in [0.15, 0.2) is 16.6 Å². The molecule has 146 valence electrons. The Morgan fingerprint density at radius 1 is 1.21 bits per heavy atom. The van der Waals surface area contributed by atoms with Crippen molar-refractivity contribution < 1.29 is 13.9 Å². The molecule has 0 saturated carbocycles. The monoisotopic (exact) mass is 398 g/mol. The summed E-state index contributed by atoms with van der Waals surface area (Å²) in [6.07, 6.45) is 1.20. The zero-order chi connectivity index (χ0) is 19.1. The molecular weight excluding hydrogens is 376 g/mol. The molecule has 1 amide bonds. The quantitative estimate of drug-likeness (QED) is 0.675. The van der Waals surface area contributed by atoms with Crippen LogP contribution in [-0.2, 0) is 28.9 Å². The first kappa shape index (κ1) is 17.6. The van der Waals surface area contributed by atoms with Gasteiger partial charge in [-0.1, -0.05) is 17.4 Å². The number of amides is 1. The van der Waals surface area contributed by atoms with Gasteiger partial charge in [0.05, 0.1) is 31.9 Å². The van der Waals surface area contributed by atoms with Crippen molar-refractivity contribution in [3.8, 4) is 0 Å². The number of morpholine rings is 1. The van der Waals surface area contributed by atoms with E-state index in [0.29, 0.717) is 18.9 Å². The normalized spacial score (nSPS) is 17.2. The molecule has 0 atom stereocenters. The van der Waals surface area contributed by atoms with Gasteiger partial charge in [-0.25, -0.2) is 9.97 Å². The zero-order valence-corrected chi connectivity index (χ0v) is 16.6. The number of benzene rings is 1. The van der Waals surface area contributed by atoms with Gasteiger partial charge in [-0.2, -0.15) is 0 Å². The van der Waals surface area contributed by atoms with Gasteiger partial charge in [0.1, 0.15) is 5.52 Å². The van der Waals surface area contributed by atoms with E-state index < -0.39 is 0 Å². The molecule has 2 aliphatic heterocycles. The third-order valence-electron chi connectivity index (χ3n) is 5.27. The highest BCUT2D eigenvalue weighted by atomic mass is 32.1. The first-order chi connectivity index (χ1) is 13.7. The zero-order valence-electron chi connectivity index (χ0n) is 15.8. The van der Waals surface area contributed by atoms with E-state index in [0.717, 1.165) is 66.8 Å². The molecule has 5 rings (SSSR count). The number of carbonyl (C=O) groups is 1. The molecule has 8 heteroatoms. The maximum absolute atomic E-state index is 12.9. The number of ether oxygens (including phenoxy) is 1. The molecule has 0 unspecified atom stereocenters. The van der Waals surface area contributed by atoms with Crippen LogP contribution in [0, 0.1) is 6.92 Å². The molecule has 0 radical (unpaired) electrons. The minimum atomic E-state index is 0.145. The maximum Gasteiger partial charge on any atom is 0.227 e. The lowest BCUT2D eigenvalue weighted by Crippen LogP contribution is -2.36. The number of nitrogens with zero attached hydrogens (tertiary/aromatic N) is 4. The van der Waals surface area contributed by atoms with Crippen LogP contribution >= 0.6 is 11.3 Å². The Bertz CT molecular complexity index is 1020. The molecule has 0 N–H and O–H groups in total. The standard InChI is InChI=1S/C20H22N4O3S/c1-13-21-16-10-14(2-3-17(16)27-13)11-19(25)24-5-4-15-18(12-24)28-20(22-15)23-6-8-26-9-7-23/h2-3,10H,4-9,11-12H2,1H3. The summed E-state index contributed by atoms with van der Waals surface area (Å²) < 4.78 is 10.9. The van der Waals surface area contributed by atoms with Gasteiger partial charge in [0.25, 0.3) is 0 Å². The van der Waals surface area contributed by atoms with Gasteiger partial charge in [0, 0.05) is 37.9 Å². The first-order valence-electron chi connectivity index (χ1n) is 9.61. The second kappa shape index (κ2) is 7.18. The molecular formula is C20H22N4O3S. The van der Waals surface area contributed by atoms with Crippen molar-refractivity contribution in [1.82, 2.24) is 14.9 Å². The number of oxazole rings is 1. The number of aromatic nitrogens is 2. The van der Waals surface area contributed by atoms with Gasteiger partial charge in [-0.3, -0.25) is 4.79 Å². The molecule has 4 heterocycles. The lowest BCUT2D eigenvalue weighted by Gasteiger charge is -2.26. The second-order valence-corrected chi connectivity index (χ2v) is 8.30. The molecule has 2 aliphatic rings. The highest BCUT2D eigenvalue weighted by Crippen LogP contribution is 2.31. The van der Waals surface area contributed by atoms with E-state index in [4.69, 9.17) is 14.1 Å². The summed E-state index contributed by atoms with van der Waals surface area (Å²) in [6.45, 7) is 6.49. The Hall–Kier alpha value is -2.45. The minimum Gasteiger partial charge on any atom is -0.441 e. The van der Waals surface area contributed by atoms with Crippen LogP contribution < -0.4 is 4.90 Å². The molecule has 3 aromatic rings. The number of hydrogen-bond acceptors (Lipinski definition) is 7. The number of aryl methyl sites for hydroxylation is 1.